The van der Waals surface area contributed by atoms with E-state index >= 15 is 0 Å². The molecule has 22 heavy (non-hydrogen) atoms. The van der Waals surface area contributed by atoms with Crippen molar-refractivity contribution in [3.63, 3.8) is 0 Å². The van der Waals surface area contributed by atoms with Crippen LogP contribution in [0.2, 0.25) is 0 Å². The summed E-state index contributed by atoms with van der Waals surface area (Å²) in [6.07, 6.45) is 7.46. The van der Waals surface area contributed by atoms with Crippen LogP contribution in [0.4, 0.5) is 0 Å². The lowest BCUT2D eigenvalue weighted by molar-refractivity contribution is -0.125. The lowest BCUT2D eigenvalue weighted by Gasteiger charge is -2.31. The molecule has 0 aliphatic heterocycles. The van der Waals surface area contributed by atoms with Crippen molar-refractivity contribution in [3.05, 3.63) is 23.3 Å². The van der Waals surface area contributed by atoms with Crippen molar-refractivity contribution >= 4 is 11.8 Å². The van der Waals surface area contributed by atoms with Crippen LogP contribution in [0.5, 0.6) is 0 Å². The smallest absolute Gasteiger partial charge is 0.246 e. The maximum Gasteiger partial charge on any atom is 0.246 e. The first kappa shape index (κ1) is 18.5. The van der Waals surface area contributed by atoms with Gasteiger partial charge in [-0.2, -0.15) is 0 Å². The minimum atomic E-state index is 0.0132. The lowest BCUT2D eigenvalue weighted by atomic mass is 9.85. The molecule has 124 valence electrons. The molecule has 0 aromatic rings. The normalized spacial score (nSPS) is 20.8. The fraction of sp³-hybridized carbons (Fsp3) is 0.667. The van der Waals surface area contributed by atoms with Crippen molar-refractivity contribution in [2.75, 3.05) is 13.6 Å². The van der Waals surface area contributed by atoms with Crippen LogP contribution in [0.15, 0.2) is 23.3 Å². The van der Waals surface area contributed by atoms with Gasteiger partial charge in [0.15, 0.2) is 0 Å². The number of rotatable bonds is 5. The fourth-order valence-electron chi connectivity index (χ4n) is 2.83. The average Bonchev–Trinajstić information content (AvgIpc) is 2.39. The number of amides is 2. The number of carbonyl (C=O) groups excluding carboxylic acids is 2. The molecule has 0 radical (unpaired) electrons. The lowest BCUT2D eigenvalue weighted by Crippen LogP contribution is -2.39. The van der Waals surface area contributed by atoms with E-state index in [4.69, 9.17) is 0 Å². The third-order valence-corrected chi connectivity index (χ3v) is 3.93. The molecule has 0 heterocycles. The summed E-state index contributed by atoms with van der Waals surface area (Å²) >= 11 is 0. The fourth-order valence-corrected chi connectivity index (χ4v) is 2.83. The van der Waals surface area contributed by atoms with Crippen LogP contribution in [-0.4, -0.2) is 36.3 Å². The van der Waals surface area contributed by atoms with Gasteiger partial charge in [0.25, 0.3) is 0 Å². The summed E-state index contributed by atoms with van der Waals surface area (Å²) in [4.78, 5) is 25.5. The highest BCUT2D eigenvalue weighted by atomic mass is 16.2. The van der Waals surface area contributed by atoms with Gasteiger partial charge in [0.1, 0.15) is 0 Å². The van der Waals surface area contributed by atoms with E-state index < -0.39 is 0 Å². The standard InChI is InChI=1S/C18H30N2O2/c1-13(2)10-17(21)19-16-8-6-15(7-9-16)12-20(5)18(22)11-14(3)4/h10-11,15-16H,6-9,12H2,1-5H3,(H,19,21). The molecule has 4 nitrogen and oxygen atoms in total. The minimum Gasteiger partial charge on any atom is -0.350 e. The summed E-state index contributed by atoms with van der Waals surface area (Å²) in [5.41, 5.74) is 2.05. The first-order chi connectivity index (χ1) is 10.3. The van der Waals surface area contributed by atoms with Gasteiger partial charge in [-0.1, -0.05) is 11.1 Å². The molecule has 0 atom stereocenters. The largest absolute Gasteiger partial charge is 0.350 e. The molecule has 4 heteroatoms. The number of carbonyl (C=O) groups is 2. The molecule has 0 aromatic heterocycles. The van der Waals surface area contributed by atoms with Crippen molar-refractivity contribution in [1.29, 1.82) is 0 Å². The summed E-state index contributed by atoms with van der Waals surface area (Å²) in [5, 5.41) is 3.07. The van der Waals surface area contributed by atoms with Gasteiger partial charge in [0.05, 0.1) is 0 Å². The van der Waals surface area contributed by atoms with Gasteiger partial charge < -0.3 is 10.2 Å². The summed E-state index contributed by atoms with van der Waals surface area (Å²) in [6, 6.07) is 0.276. The third-order valence-electron chi connectivity index (χ3n) is 3.93. The highest BCUT2D eigenvalue weighted by Crippen LogP contribution is 2.25. The zero-order valence-corrected chi connectivity index (χ0v) is 14.6. The summed E-state index contributed by atoms with van der Waals surface area (Å²) in [5.74, 6) is 0.634. The Kier molecular flexibility index (Phi) is 7.36. The zero-order chi connectivity index (χ0) is 16.7. The van der Waals surface area contributed by atoms with Crippen LogP contribution in [0.1, 0.15) is 53.4 Å². The van der Waals surface area contributed by atoms with Crippen molar-refractivity contribution < 1.29 is 9.59 Å². The van der Waals surface area contributed by atoms with E-state index in [1.54, 1.807) is 17.1 Å². The molecule has 1 aliphatic rings. The van der Waals surface area contributed by atoms with E-state index in [9.17, 15) is 9.59 Å². The molecular formula is C18H30N2O2. The van der Waals surface area contributed by atoms with E-state index in [0.717, 1.165) is 43.4 Å². The predicted molar refractivity (Wildman–Crippen MR) is 90.4 cm³/mol. The van der Waals surface area contributed by atoms with Gasteiger partial charge in [-0.05, 0) is 59.3 Å². The molecule has 1 aliphatic carbocycles. The van der Waals surface area contributed by atoms with E-state index in [2.05, 4.69) is 5.32 Å². The molecule has 1 rings (SSSR count). The van der Waals surface area contributed by atoms with Crippen molar-refractivity contribution in [2.45, 2.75) is 59.4 Å². The number of likely N-dealkylation sites (N-methyl/N-ethyl adjacent to an activating group) is 1. The monoisotopic (exact) mass is 306 g/mol. The van der Waals surface area contributed by atoms with E-state index in [-0.39, 0.29) is 17.9 Å². The average molecular weight is 306 g/mol. The first-order valence-electron chi connectivity index (χ1n) is 8.13. The number of hydrogen-bond acceptors (Lipinski definition) is 2. The molecule has 0 spiro atoms. The Labute approximate surface area is 134 Å². The summed E-state index contributed by atoms with van der Waals surface area (Å²) in [6.45, 7) is 8.53. The second-order valence-electron chi connectivity index (χ2n) is 6.89. The highest BCUT2D eigenvalue weighted by Gasteiger charge is 2.23. The quantitative estimate of drug-likeness (QED) is 0.794. The number of allylic oxidation sites excluding steroid dienone is 2. The van der Waals surface area contributed by atoms with Gasteiger partial charge in [0.2, 0.25) is 11.8 Å². The van der Waals surface area contributed by atoms with E-state index in [1.807, 2.05) is 34.7 Å². The molecule has 1 N–H and O–H groups in total. The van der Waals surface area contributed by atoms with Crippen LogP contribution in [0.25, 0.3) is 0 Å². The number of nitrogens with one attached hydrogen (secondary N) is 1. The van der Waals surface area contributed by atoms with Crippen LogP contribution in [0.3, 0.4) is 0 Å². The Morgan fingerprint density at radius 3 is 2.05 bits per heavy atom. The van der Waals surface area contributed by atoms with Crippen LogP contribution < -0.4 is 5.32 Å². The van der Waals surface area contributed by atoms with Gasteiger partial charge in [0, 0.05) is 31.8 Å². The molecule has 0 aromatic carbocycles. The molecule has 2 amide bonds. The maximum atomic E-state index is 11.9. The minimum absolute atomic E-state index is 0.0132. The van der Waals surface area contributed by atoms with Gasteiger partial charge >= 0.3 is 0 Å². The van der Waals surface area contributed by atoms with Gasteiger partial charge in [-0.15, -0.1) is 0 Å². The van der Waals surface area contributed by atoms with Crippen LogP contribution in [0, 0.1) is 5.92 Å². The second-order valence-corrected chi connectivity index (χ2v) is 6.89. The van der Waals surface area contributed by atoms with Crippen molar-refractivity contribution in [1.82, 2.24) is 10.2 Å². The topological polar surface area (TPSA) is 49.4 Å². The van der Waals surface area contributed by atoms with E-state index in [1.165, 1.54) is 0 Å². The third kappa shape index (κ3) is 6.92. The maximum absolute atomic E-state index is 11.9. The summed E-state index contributed by atoms with van der Waals surface area (Å²) in [7, 11) is 1.87. The van der Waals surface area contributed by atoms with Gasteiger partial charge in [-0.25, -0.2) is 0 Å². The zero-order valence-electron chi connectivity index (χ0n) is 14.6. The van der Waals surface area contributed by atoms with E-state index in [0.29, 0.717) is 5.92 Å². The molecule has 1 saturated carbocycles. The first-order valence-corrected chi connectivity index (χ1v) is 8.13. The number of hydrogen-bond donors (Lipinski definition) is 1. The number of nitrogens with zero attached hydrogens (tertiary/aromatic N) is 1. The van der Waals surface area contributed by atoms with Crippen LogP contribution in [-0.2, 0) is 9.59 Å². The molecule has 0 saturated heterocycles. The SMILES string of the molecule is CC(C)=CC(=O)NC1CCC(CN(C)C(=O)C=C(C)C)CC1. The second kappa shape index (κ2) is 8.76. The molecule has 0 unspecified atom stereocenters. The van der Waals surface area contributed by atoms with Crippen molar-refractivity contribution in [2.24, 2.45) is 5.92 Å². The molecular weight excluding hydrogens is 276 g/mol. The molecule has 1 fully saturated rings. The van der Waals surface area contributed by atoms with Crippen molar-refractivity contribution in [3.8, 4) is 0 Å². The Morgan fingerprint density at radius 2 is 1.55 bits per heavy atom. The van der Waals surface area contributed by atoms with Crippen LogP contribution >= 0.6 is 0 Å². The Hall–Kier alpha value is -1.58. The Morgan fingerprint density at radius 1 is 1.00 bits per heavy atom. The summed E-state index contributed by atoms with van der Waals surface area (Å²) < 4.78 is 0. The molecule has 0 bridgehead atoms. The predicted octanol–water partition coefficient (Wildman–Crippen LogP) is 3.05. The van der Waals surface area contributed by atoms with Gasteiger partial charge in [-0.3, -0.25) is 9.59 Å². The Balaban J connectivity index is 2.36. The highest BCUT2D eigenvalue weighted by molar-refractivity contribution is 5.88. The Bertz CT molecular complexity index is 450.